The number of hydrogen-bond donors (Lipinski definition) is 1. The van der Waals surface area contributed by atoms with Crippen LogP contribution in [0.25, 0.3) is 0 Å². The molecule has 0 aliphatic carbocycles. The zero-order chi connectivity index (χ0) is 11.2. The van der Waals surface area contributed by atoms with Gasteiger partial charge in [0.25, 0.3) is 0 Å². The number of piperidine rings is 1. The Hall–Kier alpha value is -0.730. The topological polar surface area (TPSA) is 21.3 Å². The van der Waals surface area contributed by atoms with Crippen molar-refractivity contribution in [1.29, 1.82) is 0 Å². The van der Waals surface area contributed by atoms with Crippen molar-refractivity contribution in [3.8, 4) is 5.75 Å². The molecule has 0 amide bonds. The number of benzene rings is 1. The minimum Gasteiger partial charge on any atom is -0.497 e. The minimum absolute atomic E-state index is 0. The third-order valence-electron chi connectivity index (χ3n) is 3.35. The summed E-state index contributed by atoms with van der Waals surface area (Å²) in [6.07, 6.45) is 6.50. The Morgan fingerprint density at radius 1 is 1.24 bits per heavy atom. The lowest BCUT2D eigenvalue weighted by Crippen LogP contribution is -2.34. The van der Waals surface area contributed by atoms with Gasteiger partial charge in [-0.3, -0.25) is 0 Å². The van der Waals surface area contributed by atoms with E-state index >= 15 is 0 Å². The number of ether oxygens (including phenoxy) is 1. The predicted octanol–water partition coefficient (Wildman–Crippen LogP) is 3.19. The maximum atomic E-state index is 5.15. The predicted molar refractivity (Wildman–Crippen MR) is 74.2 cm³/mol. The molecular weight excluding hydrogens is 234 g/mol. The second kappa shape index (κ2) is 7.57. The van der Waals surface area contributed by atoms with Gasteiger partial charge in [0.15, 0.2) is 0 Å². The molecule has 2 rings (SSSR count). The summed E-state index contributed by atoms with van der Waals surface area (Å²) in [5.41, 5.74) is 1.41. The lowest BCUT2D eigenvalue weighted by atomic mass is 9.98. The van der Waals surface area contributed by atoms with Crippen LogP contribution in [0.3, 0.4) is 0 Å². The third kappa shape index (κ3) is 4.57. The molecule has 1 N–H and O–H groups in total. The highest BCUT2D eigenvalue weighted by molar-refractivity contribution is 5.85. The fraction of sp³-hybridized carbons (Fsp3) is 0.571. The largest absolute Gasteiger partial charge is 0.497 e. The van der Waals surface area contributed by atoms with E-state index < -0.39 is 0 Å². The maximum Gasteiger partial charge on any atom is 0.118 e. The highest BCUT2D eigenvalue weighted by Gasteiger charge is 2.11. The van der Waals surface area contributed by atoms with Gasteiger partial charge in [-0.1, -0.05) is 18.6 Å². The van der Waals surface area contributed by atoms with Gasteiger partial charge in [-0.25, -0.2) is 0 Å². The van der Waals surface area contributed by atoms with Crippen molar-refractivity contribution in [3.63, 3.8) is 0 Å². The standard InChI is InChI=1S/C14H21NO.ClH/c1-16-14-9-6-12(7-10-14)5-8-13-4-2-3-11-15-13;/h6-7,9-10,13,15H,2-5,8,11H2,1H3;1H. The van der Waals surface area contributed by atoms with Crippen LogP contribution in [-0.4, -0.2) is 19.7 Å². The molecular formula is C14H22ClNO. The first kappa shape index (κ1) is 14.3. The van der Waals surface area contributed by atoms with Gasteiger partial charge in [-0.05, 0) is 49.9 Å². The average Bonchev–Trinajstić information content (AvgIpc) is 2.38. The van der Waals surface area contributed by atoms with E-state index in [1.165, 1.54) is 44.2 Å². The van der Waals surface area contributed by atoms with Crippen molar-refractivity contribution in [2.24, 2.45) is 0 Å². The number of aryl methyl sites for hydroxylation is 1. The quantitative estimate of drug-likeness (QED) is 0.892. The monoisotopic (exact) mass is 255 g/mol. The van der Waals surface area contributed by atoms with Gasteiger partial charge >= 0.3 is 0 Å². The Kier molecular flexibility index (Phi) is 6.38. The average molecular weight is 256 g/mol. The molecule has 1 aliphatic heterocycles. The van der Waals surface area contributed by atoms with Crippen LogP contribution in [0, 0.1) is 0 Å². The molecule has 1 saturated heterocycles. The van der Waals surface area contributed by atoms with Crippen LogP contribution >= 0.6 is 12.4 Å². The molecule has 96 valence electrons. The Morgan fingerprint density at radius 2 is 2.00 bits per heavy atom. The summed E-state index contributed by atoms with van der Waals surface area (Å²) in [4.78, 5) is 0. The van der Waals surface area contributed by atoms with E-state index in [0.29, 0.717) is 0 Å². The van der Waals surface area contributed by atoms with Gasteiger partial charge in [-0.15, -0.1) is 12.4 Å². The van der Waals surface area contributed by atoms with Crippen molar-refractivity contribution in [3.05, 3.63) is 29.8 Å². The minimum atomic E-state index is 0. The SMILES string of the molecule is COc1ccc(CCC2CCCCN2)cc1.Cl. The van der Waals surface area contributed by atoms with Crippen LogP contribution in [0.4, 0.5) is 0 Å². The fourth-order valence-electron chi connectivity index (χ4n) is 2.30. The molecule has 17 heavy (non-hydrogen) atoms. The summed E-state index contributed by atoms with van der Waals surface area (Å²) in [6.45, 7) is 1.20. The molecule has 1 atom stereocenters. The van der Waals surface area contributed by atoms with Gasteiger partial charge < -0.3 is 10.1 Å². The molecule has 1 unspecified atom stereocenters. The van der Waals surface area contributed by atoms with Gasteiger partial charge in [0.1, 0.15) is 5.75 Å². The number of methoxy groups -OCH3 is 1. The van der Waals surface area contributed by atoms with E-state index in [9.17, 15) is 0 Å². The summed E-state index contributed by atoms with van der Waals surface area (Å²) in [5, 5.41) is 3.59. The zero-order valence-electron chi connectivity index (χ0n) is 10.4. The van der Waals surface area contributed by atoms with Crippen LogP contribution in [0.2, 0.25) is 0 Å². The molecule has 1 aromatic rings. The molecule has 1 heterocycles. The number of nitrogens with one attached hydrogen (secondary N) is 1. The van der Waals surface area contributed by atoms with Crippen molar-refractivity contribution in [2.45, 2.75) is 38.1 Å². The number of halogens is 1. The van der Waals surface area contributed by atoms with Gasteiger partial charge in [0.05, 0.1) is 7.11 Å². The van der Waals surface area contributed by atoms with Gasteiger partial charge in [0, 0.05) is 6.04 Å². The van der Waals surface area contributed by atoms with Crippen LogP contribution in [0.15, 0.2) is 24.3 Å². The fourth-order valence-corrected chi connectivity index (χ4v) is 2.30. The lowest BCUT2D eigenvalue weighted by Gasteiger charge is -2.23. The third-order valence-corrected chi connectivity index (χ3v) is 3.35. The van der Waals surface area contributed by atoms with Crippen molar-refractivity contribution < 1.29 is 4.74 Å². The van der Waals surface area contributed by atoms with Gasteiger partial charge in [-0.2, -0.15) is 0 Å². The molecule has 2 nitrogen and oxygen atoms in total. The highest BCUT2D eigenvalue weighted by atomic mass is 35.5. The summed E-state index contributed by atoms with van der Waals surface area (Å²) in [6, 6.07) is 9.16. The van der Waals surface area contributed by atoms with Crippen molar-refractivity contribution >= 4 is 12.4 Å². The first-order chi connectivity index (χ1) is 7.88. The zero-order valence-corrected chi connectivity index (χ0v) is 11.3. The summed E-state index contributed by atoms with van der Waals surface area (Å²) >= 11 is 0. The van der Waals surface area contributed by atoms with Crippen LogP contribution in [0.1, 0.15) is 31.2 Å². The summed E-state index contributed by atoms with van der Waals surface area (Å²) < 4.78 is 5.15. The molecule has 0 bridgehead atoms. The Bertz CT molecular complexity index is 307. The highest BCUT2D eigenvalue weighted by Crippen LogP contribution is 2.16. The molecule has 0 saturated carbocycles. The second-order valence-electron chi connectivity index (χ2n) is 4.53. The molecule has 3 heteroatoms. The van der Waals surface area contributed by atoms with Crippen LogP contribution in [0.5, 0.6) is 5.75 Å². The van der Waals surface area contributed by atoms with E-state index in [4.69, 9.17) is 4.74 Å². The molecule has 1 aromatic carbocycles. The molecule has 1 fully saturated rings. The molecule has 0 aromatic heterocycles. The smallest absolute Gasteiger partial charge is 0.118 e. The molecule has 0 spiro atoms. The van der Waals surface area contributed by atoms with Gasteiger partial charge in [0.2, 0.25) is 0 Å². The van der Waals surface area contributed by atoms with E-state index in [2.05, 4.69) is 17.4 Å². The molecule has 0 radical (unpaired) electrons. The number of rotatable bonds is 4. The summed E-state index contributed by atoms with van der Waals surface area (Å²) in [7, 11) is 1.71. The maximum absolute atomic E-state index is 5.15. The van der Waals surface area contributed by atoms with E-state index in [1.807, 2.05) is 12.1 Å². The normalized spacial score (nSPS) is 19.5. The second-order valence-corrected chi connectivity index (χ2v) is 4.53. The number of hydrogen-bond acceptors (Lipinski definition) is 2. The van der Waals surface area contributed by atoms with Crippen LogP contribution < -0.4 is 10.1 Å². The van der Waals surface area contributed by atoms with Crippen molar-refractivity contribution in [2.75, 3.05) is 13.7 Å². The Balaban J connectivity index is 0.00000144. The Morgan fingerprint density at radius 3 is 2.59 bits per heavy atom. The molecule has 1 aliphatic rings. The van der Waals surface area contributed by atoms with E-state index in [0.717, 1.165) is 11.8 Å². The van der Waals surface area contributed by atoms with Crippen molar-refractivity contribution in [1.82, 2.24) is 5.32 Å². The van der Waals surface area contributed by atoms with Crippen LogP contribution in [-0.2, 0) is 6.42 Å². The first-order valence-corrected chi connectivity index (χ1v) is 6.25. The van der Waals surface area contributed by atoms with E-state index in [1.54, 1.807) is 7.11 Å². The first-order valence-electron chi connectivity index (χ1n) is 6.25. The van der Waals surface area contributed by atoms with E-state index in [-0.39, 0.29) is 12.4 Å². The summed E-state index contributed by atoms with van der Waals surface area (Å²) in [5.74, 6) is 0.944. The Labute approximate surface area is 110 Å². The lowest BCUT2D eigenvalue weighted by molar-refractivity contribution is 0.382.